The van der Waals surface area contributed by atoms with Crippen LogP contribution in [0.2, 0.25) is 0 Å². The van der Waals surface area contributed by atoms with Gasteiger partial charge in [0.1, 0.15) is 11.5 Å². The molecule has 4 rings (SSSR count). The number of nitrogens with zero attached hydrogens (tertiary/aromatic N) is 1. The van der Waals surface area contributed by atoms with Gasteiger partial charge in [-0.25, -0.2) is 0 Å². The maximum absolute atomic E-state index is 12.7. The first-order valence-corrected chi connectivity index (χ1v) is 11.4. The zero-order chi connectivity index (χ0) is 24.9. The van der Waals surface area contributed by atoms with Crippen molar-refractivity contribution in [2.75, 3.05) is 31.4 Å². The van der Waals surface area contributed by atoms with Crippen LogP contribution in [0.3, 0.4) is 0 Å². The van der Waals surface area contributed by atoms with Crippen LogP contribution in [0.1, 0.15) is 29.6 Å². The van der Waals surface area contributed by atoms with Crippen molar-refractivity contribution < 1.29 is 28.7 Å². The Morgan fingerprint density at radius 3 is 1.97 bits per heavy atom. The van der Waals surface area contributed by atoms with Crippen LogP contribution in [0.15, 0.2) is 54.6 Å². The molecule has 35 heavy (non-hydrogen) atoms. The average Bonchev–Trinajstić information content (AvgIpc) is 3.13. The predicted octanol–water partition coefficient (Wildman–Crippen LogP) is 3.24. The fourth-order valence-electron chi connectivity index (χ4n) is 4.39. The van der Waals surface area contributed by atoms with Crippen LogP contribution in [0, 0.1) is 11.8 Å². The minimum Gasteiger partial charge on any atom is -0.494 e. The summed E-state index contributed by atoms with van der Waals surface area (Å²) in [6.45, 7) is 0.0150. The number of carbonyl (C=O) groups excluding carboxylic acids is 4. The molecule has 2 aliphatic rings. The summed E-state index contributed by atoms with van der Waals surface area (Å²) in [6, 6.07) is 11.8. The second-order valence-corrected chi connectivity index (χ2v) is 8.36. The van der Waals surface area contributed by atoms with Gasteiger partial charge in [0.25, 0.3) is 5.91 Å². The molecule has 182 valence electrons. The van der Waals surface area contributed by atoms with E-state index in [0.29, 0.717) is 41.3 Å². The van der Waals surface area contributed by atoms with Gasteiger partial charge < -0.3 is 20.1 Å². The number of methoxy groups -OCH3 is 2. The number of hydrogen-bond acceptors (Lipinski definition) is 6. The molecule has 0 radical (unpaired) electrons. The van der Waals surface area contributed by atoms with Gasteiger partial charge in [0.2, 0.25) is 17.7 Å². The summed E-state index contributed by atoms with van der Waals surface area (Å²) in [6.07, 6.45) is 4.91. The minimum atomic E-state index is -0.389. The van der Waals surface area contributed by atoms with Gasteiger partial charge in [-0.3, -0.25) is 24.1 Å². The summed E-state index contributed by atoms with van der Waals surface area (Å²) in [4.78, 5) is 51.6. The van der Waals surface area contributed by atoms with Gasteiger partial charge in [-0.2, -0.15) is 0 Å². The Bertz CT molecular complexity index is 1150. The molecule has 1 aliphatic carbocycles. The number of benzene rings is 2. The zero-order valence-electron chi connectivity index (χ0n) is 19.6. The molecule has 2 atom stereocenters. The highest BCUT2D eigenvalue weighted by atomic mass is 16.5. The van der Waals surface area contributed by atoms with E-state index in [9.17, 15) is 19.2 Å². The Labute approximate surface area is 203 Å². The van der Waals surface area contributed by atoms with E-state index >= 15 is 0 Å². The molecule has 0 bridgehead atoms. The number of allylic oxidation sites excluding steroid dienone is 2. The maximum Gasteiger partial charge on any atom is 0.255 e. The highest BCUT2D eigenvalue weighted by molar-refractivity contribution is 6.07. The van der Waals surface area contributed by atoms with Crippen LogP contribution in [-0.2, 0) is 14.4 Å². The van der Waals surface area contributed by atoms with E-state index in [4.69, 9.17) is 9.47 Å². The molecule has 0 unspecified atom stereocenters. The van der Waals surface area contributed by atoms with Crippen LogP contribution < -0.4 is 20.1 Å². The van der Waals surface area contributed by atoms with E-state index in [2.05, 4.69) is 10.6 Å². The largest absolute Gasteiger partial charge is 0.494 e. The van der Waals surface area contributed by atoms with Gasteiger partial charge in [0, 0.05) is 30.7 Å². The number of imide groups is 1. The quantitative estimate of drug-likeness (QED) is 0.446. The predicted molar refractivity (Wildman–Crippen MR) is 129 cm³/mol. The lowest BCUT2D eigenvalue weighted by molar-refractivity contribution is -0.140. The molecule has 4 amide bonds. The van der Waals surface area contributed by atoms with Crippen molar-refractivity contribution in [3.63, 3.8) is 0 Å². The topological polar surface area (TPSA) is 114 Å². The number of likely N-dealkylation sites (tertiary alicyclic amines) is 1. The molecule has 0 spiro atoms. The summed E-state index contributed by atoms with van der Waals surface area (Å²) < 4.78 is 10.8. The van der Waals surface area contributed by atoms with Crippen molar-refractivity contribution in [3.05, 3.63) is 60.2 Å². The minimum absolute atomic E-state index is 0.0150. The Morgan fingerprint density at radius 1 is 0.886 bits per heavy atom. The van der Waals surface area contributed by atoms with Crippen LogP contribution in [-0.4, -0.2) is 49.3 Å². The second-order valence-electron chi connectivity index (χ2n) is 8.36. The number of amides is 4. The smallest absolute Gasteiger partial charge is 0.255 e. The van der Waals surface area contributed by atoms with E-state index < -0.39 is 0 Å². The third-order valence-electron chi connectivity index (χ3n) is 6.24. The first-order chi connectivity index (χ1) is 16.9. The van der Waals surface area contributed by atoms with E-state index in [1.54, 1.807) is 36.4 Å². The SMILES string of the molecule is COc1cc(NC(=O)c2ccccc2)c(OC)cc1NC(=O)CCN1C(=O)[C@H]2CC=CC[C@H]2C1=O. The number of carbonyl (C=O) groups is 4. The Morgan fingerprint density at radius 2 is 1.43 bits per heavy atom. The molecule has 9 heteroatoms. The van der Waals surface area contributed by atoms with E-state index in [0.717, 1.165) is 0 Å². The maximum atomic E-state index is 12.7. The summed E-state index contributed by atoms with van der Waals surface area (Å²) in [7, 11) is 2.89. The standard InChI is InChI=1S/C26H27N3O6/c1-34-21-15-20(28-24(31)16-8-4-3-5-9-16)22(35-2)14-19(21)27-23(30)12-13-29-25(32)17-10-6-7-11-18(17)26(29)33/h3-9,14-15,17-18H,10-13H2,1-2H3,(H,27,30)(H,28,31)/t17-,18+. The second kappa shape index (κ2) is 10.4. The Kier molecular flexibility index (Phi) is 7.14. The molecule has 1 saturated heterocycles. The third kappa shape index (κ3) is 5.03. The summed E-state index contributed by atoms with van der Waals surface area (Å²) in [5, 5.41) is 5.53. The monoisotopic (exact) mass is 477 g/mol. The number of ether oxygens (including phenoxy) is 2. The molecular weight excluding hydrogens is 450 g/mol. The van der Waals surface area contributed by atoms with Gasteiger partial charge >= 0.3 is 0 Å². The zero-order valence-corrected chi connectivity index (χ0v) is 19.6. The van der Waals surface area contributed by atoms with Gasteiger partial charge in [-0.15, -0.1) is 0 Å². The fraction of sp³-hybridized carbons (Fsp3) is 0.308. The molecule has 2 aromatic rings. The number of fused-ring (bicyclic) bond motifs is 1. The van der Waals surface area contributed by atoms with Crippen molar-refractivity contribution in [2.24, 2.45) is 11.8 Å². The molecule has 1 fully saturated rings. The van der Waals surface area contributed by atoms with E-state index in [-0.39, 0.29) is 48.4 Å². The molecule has 9 nitrogen and oxygen atoms in total. The first-order valence-electron chi connectivity index (χ1n) is 11.4. The van der Waals surface area contributed by atoms with Crippen molar-refractivity contribution >= 4 is 35.0 Å². The lowest BCUT2D eigenvalue weighted by atomic mass is 9.85. The normalized spacial score (nSPS) is 18.7. The molecule has 2 aromatic carbocycles. The summed E-state index contributed by atoms with van der Waals surface area (Å²) in [5.41, 5.74) is 1.19. The van der Waals surface area contributed by atoms with E-state index in [1.807, 2.05) is 18.2 Å². The number of anilines is 2. The summed E-state index contributed by atoms with van der Waals surface area (Å²) >= 11 is 0. The molecular formula is C26H27N3O6. The lowest BCUT2D eigenvalue weighted by Gasteiger charge is -2.17. The van der Waals surface area contributed by atoms with Gasteiger partial charge in [-0.1, -0.05) is 30.4 Å². The van der Waals surface area contributed by atoms with Crippen molar-refractivity contribution in [3.8, 4) is 11.5 Å². The van der Waals surface area contributed by atoms with Crippen LogP contribution in [0.5, 0.6) is 11.5 Å². The highest BCUT2D eigenvalue weighted by Crippen LogP contribution is 2.37. The third-order valence-corrected chi connectivity index (χ3v) is 6.24. The van der Waals surface area contributed by atoms with Crippen LogP contribution >= 0.6 is 0 Å². The molecule has 2 N–H and O–H groups in total. The first kappa shape index (κ1) is 24.0. The van der Waals surface area contributed by atoms with E-state index in [1.165, 1.54) is 19.1 Å². The Hall–Kier alpha value is -4.14. The van der Waals surface area contributed by atoms with Gasteiger partial charge in [0.05, 0.1) is 37.4 Å². The lowest BCUT2D eigenvalue weighted by Crippen LogP contribution is -2.34. The highest BCUT2D eigenvalue weighted by Gasteiger charge is 2.46. The van der Waals surface area contributed by atoms with Gasteiger partial charge in [0.15, 0.2) is 0 Å². The molecule has 1 aliphatic heterocycles. The number of hydrogen-bond donors (Lipinski definition) is 2. The van der Waals surface area contributed by atoms with Crippen molar-refractivity contribution in [1.29, 1.82) is 0 Å². The number of nitrogens with one attached hydrogen (secondary N) is 2. The van der Waals surface area contributed by atoms with Crippen molar-refractivity contribution in [1.82, 2.24) is 4.90 Å². The van der Waals surface area contributed by atoms with Gasteiger partial charge in [-0.05, 0) is 25.0 Å². The van der Waals surface area contributed by atoms with Crippen molar-refractivity contribution in [2.45, 2.75) is 19.3 Å². The van der Waals surface area contributed by atoms with Crippen LogP contribution in [0.4, 0.5) is 11.4 Å². The fourth-order valence-corrected chi connectivity index (χ4v) is 4.39. The molecule has 0 saturated carbocycles. The molecule has 0 aromatic heterocycles. The Balaban J connectivity index is 1.43. The van der Waals surface area contributed by atoms with Crippen LogP contribution in [0.25, 0.3) is 0 Å². The average molecular weight is 478 g/mol. The number of rotatable bonds is 8. The molecule has 1 heterocycles. The summed E-state index contributed by atoms with van der Waals surface area (Å²) in [5.74, 6) is -1.14.